The molecule has 0 N–H and O–H groups in total. The molecule has 2 aromatic rings. The van der Waals surface area contributed by atoms with Crippen LogP contribution in [0.3, 0.4) is 0 Å². The van der Waals surface area contributed by atoms with E-state index in [9.17, 15) is 4.79 Å². The van der Waals surface area contributed by atoms with E-state index >= 15 is 0 Å². The van der Waals surface area contributed by atoms with Gasteiger partial charge in [0.2, 0.25) is 0 Å². The molecule has 0 aromatic carbocycles. The summed E-state index contributed by atoms with van der Waals surface area (Å²) in [6.07, 6.45) is 9.29. The Kier molecular flexibility index (Phi) is 3.96. The molecule has 20 heavy (non-hydrogen) atoms. The van der Waals surface area contributed by atoms with E-state index in [0.29, 0.717) is 0 Å². The number of hydrogen-bond donors (Lipinski definition) is 0. The molecule has 5 heteroatoms. The molecular formula is C15H20BrN3O. The molecule has 1 saturated carbocycles. The minimum atomic E-state index is -0.0230. The number of aromatic nitrogens is 3. The van der Waals surface area contributed by atoms with E-state index in [-0.39, 0.29) is 11.1 Å². The van der Waals surface area contributed by atoms with Crippen molar-refractivity contribution in [2.75, 3.05) is 5.33 Å². The molecule has 2 aromatic heterocycles. The zero-order valence-corrected chi connectivity index (χ0v) is 13.2. The lowest BCUT2D eigenvalue weighted by molar-refractivity contribution is 0.229. The normalized spacial score (nSPS) is 19.1. The fraction of sp³-hybridized carbons (Fsp3) is 0.600. The average Bonchev–Trinajstić information content (AvgIpc) is 2.66. The Morgan fingerprint density at radius 2 is 1.95 bits per heavy atom. The molecule has 0 atom stereocenters. The van der Waals surface area contributed by atoms with E-state index in [1.807, 2.05) is 18.2 Å². The van der Waals surface area contributed by atoms with Gasteiger partial charge < -0.3 is 0 Å². The maximum absolute atomic E-state index is 12.4. The summed E-state index contributed by atoms with van der Waals surface area (Å²) in [5.74, 6) is 0. The van der Waals surface area contributed by atoms with Crippen molar-refractivity contribution >= 4 is 21.6 Å². The molecule has 1 aliphatic carbocycles. The molecule has 0 aliphatic heterocycles. The Hall–Kier alpha value is -1.10. The zero-order valence-electron chi connectivity index (χ0n) is 11.6. The highest BCUT2D eigenvalue weighted by atomic mass is 79.9. The molecule has 0 spiro atoms. The number of rotatable bonds is 3. The van der Waals surface area contributed by atoms with Crippen LogP contribution in [0.2, 0.25) is 0 Å². The summed E-state index contributed by atoms with van der Waals surface area (Å²) < 4.78 is 3.28. The quantitative estimate of drug-likeness (QED) is 0.637. The first-order chi connectivity index (χ1) is 9.74. The van der Waals surface area contributed by atoms with Crippen LogP contribution in [0.1, 0.15) is 38.5 Å². The second-order valence-corrected chi connectivity index (χ2v) is 6.48. The van der Waals surface area contributed by atoms with Gasteiger partial charge in [-0.05, 0) is 30.4 Å². The van der Waals surface area contributed by atoms with Crippen LogP contribution in [-0.4, -0.2) is 19.5 Å². The van der Waals surface area contributed by atoms with E-state index in [1.165, 1.54) is 38.5 Å². The predicted octanol–water partition coefficient (Wildman–Crippen LogP) is 3.23. The first-order valence-electron chi connectivity index (χ1n) is 7.34. The van der Waals surface area contributed by atoms with E-state index in [2.05, 4.69) is 21.0 Å². The van der Waals surface area contributed by atoms with Gasteiger partial charge in [0.1, 0.15) is 0 Å². The van der Waals surface area contributed by atoms with Crippen LogP contribution in [0.25, 0.3) is 5.65 Å². The van der Waals surface area contributed by atoms with Crippen molar-refractivity contribution in [2.45, 2.75) is 45.1 Å². The first kappa shape index (κ1) is 13.9. The molecule has 0 radical (unpaired) electrons. The molecule has 2 heterocycles. The van der Waals surface area contributed by atoms with Crippen molar-refractivity contribution in [1.29, 1.82) is 0 Å². The zero-order chi connectivity index (χ0) is 14.0. The van der Waals surface area contributed by atoms with Crippen LogP contribution in [0.15, 0.2) is 29.2 Å². The Bertz CT molecular complexity index is 638. The van der Waals surface area contributed by atoms with Crippen LogP contribution in [0.5, 0.6) is 0 Å². The largest absolute Gasteiger partial charge is 0.350 e. The summed E-state index contributed by atoms with van der Waals surface area (Å²) in [6.45, 7) is 0.721. The summed E-state index contributed by atoms with van der Waals surface area (Å²) in [7, 11) is 0. The van der Waals surface area contributed by atoms with Crippen LogP contribution < -0.4 is 5.69 Å². The Morgan fingerprint density at radius 1 is 1.20 bits per heavy atom. The lowest BCUT2D eigenvalue weighted by Crippen LogP contribution is -2.34. The van der Waals surface area contributed by atoms with Crippen molar-refractivity contribution in [3.63, 3.8) is 0 Å². The Morgan fingerprint density at radius 3 is 2.60 bits per heavy atom. The Labute approximate surface area is 126 Å². The summed E-state index contributed by atoms with van der Waals surface area (Å²) >= 11 is 3.68. The molecule has 4 nitrogen and oxygen atoms in total. The van der Waals surface area contributed by atoms with Crippen molar-refractivity contribution in [3.8, 4) is 0 Å². The fourth-order valence-corrected chi connectivity index (χ4v) is 3.94. The van der Waals surface area contributed by atoms with Crippen molar-refractivity contribution < 1.29 is 0 Å². The van der Waals surface area contributed by atoms with Gasteiger partial charge in [-0.3, -0.25) is 4.40 Å². The van der Waals surface area contributed by atoms with E-state index in [1.54, 1.807) is 15.3 Å². The van der Waals surface area contributed by atoms with Gasteiger partial charge in [0.15, 0.2) is 5.65 Å². The van der Waals surface area contributed by atoms with Crippen LogP contribution in [-0.2, 0) is 6.54 Å². The van der Waals surface area contributed by atoms with E-state index in [4.69, 9.17) is 0 Å². The minimum absolute atomic E-state index is 0.0230. The standard InChI is InChI=1S/C15H20BrN3O/c16-11-15(8-4-1-2-5-9-15)12-19-14(20)18-10-6-3-7-13(18)17-19/h3,6-7,10H,1-2,4-5,8-9,11-12H2. The smallest absolute Gasteiger partial charge is 0.250 e. The first-order valence-corrected chi connectivity index (χ1v) is 8.46. The predicted molar refractivity (Wildman–Crippen MR) is 83.4 cm³/mol. The second-order valence-electron chi connectivity index (χ2n) is 5.92. The van der Waals surface area contributed by atoms with Gasteiger partial charge in [0.25, 0.3) is 0 Å². The monoisotopic (exact) mass is 337 g/mol. The molecular weight excluding hydrogens is 318 g/mol. The highest BCUT2D eigenvalue weighted by molar-refractivity contribution is 9.09. The van der Waals surface area contributed by atoms with Gasteiger partial charge in [0.05, 0.1) is 6.54 Å². The molecule has 1 fully saturated rings. The molecule has 0 amide bonds. The van der Waals surface area contributed by atoms with Gasteiger partial charge in [-0.25, -0.2) is 9.48 Å². The van der Waals surface area contributed by atoms with Crippen LogP contribution in [0, 0.1) is 5.41 Å². The van der Waals surface area contributed by atoms with Gasteiger partial charge in [0, 0.05) is 11.5 Å². The van der Waals surface area contributed by atoms with Crippen LogP contribution >= 0.6 is 15.9 Å². The van der Waals surface area contributed by atoms with Gasteiger partial charge in [-0.2, -0.15) is 0 Å². The van der Waals surface area contributed by atoms with Gasteiger partial charge in [-0.15, -0.1) is 5.10 Å². The lowest BCUT2D eigenvalue weighted by Gasteiger charge is -2.30. The topological polar surface area (TPSA) is 39.3 Å². The third-order valence-corrected chi connectivity index (χ3v) is 5.61. The fourth-order valence-electron chi connectivity index (χ4n) is 3.20. The highest BCUT2D eigenvalue weighted by Crippen LogP contribution is 2.37. The maximum atomic E-state index is 12.4. The van der Waals surface area contributed by atoms with Gasteiger partial charge >= 0.3 is 5.69 Å². The molecule has 3 rings (SSSR count). The summed E-state index contributed by atoms with van der Waals surface area (Å²) in [6, 6.07) is 5.66. The van der Waals surface area contributed by atoms with E-state index < -0.39 is 0 Å². The number of pyridine rings is 1. The molecule has 108 valence electrons. The number of hydrogen-bond acceptors (Lipinski definition) is 2. The third kappa shape index (κ3) is 2.55. The second kappa shape index (κ2) is 5.72. The SMILES string of the molecule is O=c1n(CC2(CBr)CCCCCC2)nc2ccccn12. The van der Waals surface area contributed by atoms with E-state index in [0.717, 1.165) is 17.5 Å². The van der Waals surface area contributed by atoms with Crippen molar-refractivity contribution in [2.24, 2.45) is 5.41 Å². The number of halogens is 1. The summed E-state index contributed by atoms with van der Waals surface area (Å²) in [4.78, 5) is 12.4. The van der Waals surface area contributed by atoms with Crippen LogP contribution in [0.4, 0.5) is 0 Å². The van der Waals surface area contributed by atoms with Gasteiger partial charge in [-0.1, -0.05) is 47.7 Å². The molecule has 0 bridgehead atoms. The third-order valence-electron chi connectivity index (χ3n) is 4.42. The molecule has 1 aliphatic rings. The molecule has 0 unspecified atom stereocenters. The maximum Gasteiger partial charge on any atom is 0.350 e. The number of nitrogens with zero attached hydrogens (tertiary/aromatic N) is 3. The highest BCUT2D eigenvalue weighted by Gasteiger charge is 2.31. The number of fused-ring (bicyclic) bond motifs is 1. The average molecular weight is 338 g/mol. The summed E-state index contributed by atoms with van der Waals surface area (Å²) in [5, 5.41) is 5.42. The van der Waals surface area contributed by atoms with Crippen molar-refractivity contribution in [3.05, 3.63) is 34.9 Å². The lowest BCUT2D eigenvalue weighted by atomic mass is 9.82. The number of alkyl halides is 1. The van der Waals surface area contributed by atoms with Crippen molar-refractivity contribution in [1.82, 2.24) is 14.2 Å². The summed E-state index contributed by atoms with van der Waals surface area (Å²) in [5.41, 5.74) is 0.888. The Balaban J connectivity index is 1.94. The minimum Gasteiger partial charge on any atom is -0.250 e. The molecule has 0 saturated heterocycles.